The van der Waals surface area contributed by atoms with Gasteiger partial charge in [-0.2, -0.15) is 0 Å². The molecule has 0 aliphatic rings. The van der Waals surface area contributed by atoms with Crippen molar-refractivity contribution in [3.05, 3.63) is 24.3 Å². The molecule has 0 saturated heterocycles. The first-order valence-electron chi connectivity index (χ1n) is 27.6. The topological polar surface area (TPSA) is 69.6 Å². The Labute approximate surface area is 377 Å². The van der Waals surface area contributed by atoms with Crippen LogP contribution in [0, 0.1) is 0 Å². The van der Waals surface area contributed by atoms with Crippen molar-refractivity contribution in [2.24, 2.45) is 0 Å². The van der Waals surface area contributed by atoms with Crippen LogP contribution in [0.15, 0.2) is 24.3 Å². The number of unbranched alkanes of at least 4 members (excludes halogenated alkanes) is 42. The first-order valence-corrected chi connectivity index (χ1v) is 27.6. The summed E-state index contributed by atoms with van der Waals surface area (Å²) in [7, 11) is 0. The number of hydrogen-bond donors (Lipinski definition) is 3. The van der Waals surface area contributed by atoms with Crippen molar-refractivity contribution in [3.63, 3.8) is 0 Å². The highest BCUT2D eigenvalue weighted by Crippen LogP contribution is 2.17. The second-order valence-corrected chi connectivity index (χ2v) is 19.0. The average molecular weight is 844 g/mol. The Morgan fingerprint density at radius 1 is 0.383 bits per heavy atom. The lowest BCUT2D eigenvalue weighted by Crippen LogP contribution is -2.45. The van der Waals surface area contributed by atoms with Gasteiger partial charge in [0.25, 0.3) is 0 Å². The first-order chi connectivity index (χ1) is 29.7. The van der Waals surface area contributed by atoms with Crippen molar-refractivity contribution in [2.45, 2.75) is 321 Å². The average Bonchev–Trinajstić information content (AvgIpc) is 3.25. The second kappa shape index (κ2) is 52.2. The Morgan fingerprint density at radius 2 is 0.650 bits per heavy atom. The number of amides is 1. The van der Waals surface area contributed by atoms with E-state index in [9.17, 15) is 15.0 Å². The Bertz CT molecular complexity index is 871. The molecule has 356 valence electrons. The largest absolute Gasteiger partial charge is 0.394 e. The van der Waals surface area contributed by atoms with Gasteiger partial charge in [0.15, 0.2) is 0 Å². The zero-order valence-electron chi connectivity index (χ0n) is 41.0. The Kier molecular flexibility index (Phi) is 51.2. The maximum atomic E-state index is 12.5. The minimum absolute atomic E-state index is 0.0670. The van der Waals surface area contributed by atoms with Crippen LogP contribution in [0.25, 0.3) is 0 Å². The molecule has 0 aromatic heterocycles. The highest BCUT2D eigenvalue weighted by atomic mass is 16.3. The molecule has 0 aromatic rings. The van der Waals surface area contributed by atoms with Gasteiger partial charge in [0.05, 0.1) is 18.8 Å². The Hall–Kier alpha value is -1.13. The van der Waals surface area contributed by atoms with E-state index in [1.165, 1.54) is 257 Å². The van der Waals surface area contributed by atoms with E-state index < -0.39 is 12.1 Å². The summed E-state index contributed by atoms with van der Waals surface area (Å²) < 4.78 is 0. The minimum atomic E-state index is -0.859. The van der Waals surface area contributed by atoms with Crippen molar-refractivity contribution in [1.29, 1.82) is 0 Å². The van der Waals surface area contributed by atoms with Crippen LogP contribution in [0.3, 0.4) is 0 Å². The van der Waals surface area contributed by atoms with Gasteiger partial charge in [-0.15, -0.1) is 0 Å². The number of allylic oxidation sites excluding steroid dienone is 3. The first kappa shape index (κ1) is 58.9. The quantitative estimate of drug-likeness (QED) is 0.0422. The van der Waals surface area contributed by atoms with Crippen LogP contribution in [-0.4, -0.2) is 34.9 Å². The van der Waals surface area contributed by atoms with Gasteiger partial charge >= 0.3 is 0 Å². The van der Waals surface area contributed by atoms with Gasteiger partial charge in [-0.3, -0.25) is 4.79 Å². The third-order valence-corrected chi connectivity index (χ3v) is 12.9. The molecule has 0 rings (SSSR count). The minimum Gasteiger partial charge on any atom is -0.394 e. The fourth-order valence-electron chi connectivity index (χ4n) is 8.73. The summed E-state index contributed by atoms with van der Waals surface area (Å²) in [4.78, 5) is 12.5. The number of rotatable bonds is 51. The van der Waals surface area contributed by atoms with Crippen LogP contribution in [0.5, 0.6) is 0 Å². The lowest BCUT2D eigenvalue weighted by molar-refractivity contribution is -0.123. The lowest BCUT2D eigenvalue weighted by Gasteiger charge is -2.19. The van der Waals surface area contributed by atoms with Gasteiger partial charge in [-0.25, -0.2) is 0 Å². The zero-order valence-corrected chi connectivity index (χ0v) is 41.0. The molecule has 0 fully saturated rings. The van der Waals surface area contributed by atoms with E-state index in [0.717, 1.165) is 32.1 Å². The van der Waals surface area contributed by atoms with E-state index in [1.54, 1.807) is 6.08 Å². The van der Waals surface area contributed by atoms with E-state index in [-0.39, 0.29) is 12.5 Å². The molecule has 2 atom stereocenters. The Morgan fingerprint density at radius 3 is 0.967 bits per heavy atom. The highest BCUT2D eigenvalue weighted by Gasteiger charge is 2.18. The number of carbonyl (C=O) groups excluding carboxylic acids is 1. The molecule has 2 unspecified atom stereocenters. The second-order valence-electron chi connectivity index (χ2n) is 19.0. The van der Waals surface area contributed by atoms with Crippen LogP contribution >= 0.6 is 0 Å². The number of carbonyl (C=O) groups is 1. The number of nitrogens with one attached hydrogen (secondary N) is 1. The number of hydrogen-bond acceptors (Lipinski definition) is 3. The molecule has 4 nitrogen and oxygen atoms in total. The van der Waals surface area contributed by atoms with E-state index in [2.05, 4.69) is 31.3 Å². The summed E-state index contributed by atoms with van der Waals surface area (Å²) in [6.07, 6.45) is 69.1. The zero-order chi connectivity index (χ0) is 43.5. The summed E-state index contributed by atoms with van der Waals surface area (Å²) in [5.41, 5.74) is 0. The van der Waals surface area contributed by atoms with Crippen LogP contribution in [-0.2, 0) is 4.79 Å². The van der Waals surface area contributed by atoms with Gasteiger partial charge in [0.2, 0.25) is 5.91 Å². The molecule has 4 heteroatoms. The predicted molar refractivity (Wildman–Crippen MR) is 267 cm³/mol. The van der Waals surface area contributed by atoms with Crippen LogP contribution in [0.1, 0.15) is 309 Å². The smallest absolute Gasteiger partial charge is 0.220 e. The van der Waals surface area contributed by atoms with Crippen molar-refractivity contribution in [3.8, 4) is 0 Å². The summed E-state index contributed by atoms with van der Waals surface area (Å²) in [6.45, 7) is 4.33. The van der Waals surface area contributed by atoms with Gasteiger partial charge in [0.1, 0.15) is 0 Å². The Balaban J connectivity index is 3.47. The van der Waals surface area contributed by atoms with Crippen molar-refractivity contribution in [2.75, 3.05) is 6.61 Å². The van der Waals surface area contributed by atoms with Gasteiger partial charge in [-0.05, 0) is 32.1 Å². The molecule has 0 heterocycles. The molecule has 3 N–H and O–H groups in total. The van der Waals surface area contributed by atoms with Gasteiger partial charge in [0, 0.05) is 6.42 Å². The van der Waals surface area contributed by atoms with Crippen LogP contribution in [0.2, 0.25) is 0 Å². The van der Waals surface area contributed by atoms with E-state index in [1.807, 2.05) is 6.08 Å². The molecule has 1 amide bonds. The SMILES string of the molecule is CCCCCCCCCCCCCCC/C=C/CC/C=C/C(O)C(CO)NC(=O)CCCCCCCCCCCCCCCCCCCCCCCCCCCCCCC. The summed E-state index contributed by atoms with van der Waals surface area (Å²) in [5.74, 6) is -0.0670. The molecule has 0 aromatic carbocycles. The molecule has 0 aliphatic carbocycles. The van der Waals surface area contributed by atoms with Crippen molar-refractivity contribution in [1.82, 2.24) is 5.32 Å². The third-order valence-electron chi connectivity index (χ3n) is 12.9. The molecular formula is C56H109NO3. The van der Waals surface area contributed by atoms with E-state index in [4.69, 9.17) is 0 Å². The number of aliphatic hydroxyl groups excluding tert-OH is 2. The lowest BCUT2D eigenvalue weighted by atomic mass is 10.0. The van der Waals surface area contributed by atoms with Gasteiger partial charge < -0.3 is 15.5 Å². The standard InChI is InChI=1S/C56H109NO3/c1-3-5-7-9-11-13-15-17-19-21-23-24-25-26-27-28-29-30-31-32-34-36-38-40-42-44-46-48-50-52-56(60)57-54(53-58)55(59)51-49-47-45-43-41-39-37-35-33-22-20-18-16-14-12-10-8-6-4-2/h41,43,49,51,54-55,58-59H,3-40,42,44-48,50,52-53H2,1-2H3,(H,57,60)/b43-41+,51-49+. The highest BCUT2D eigenvalue weighted by molar-refractivity contribution is 5.76. The fourth-order valence-corrected chi connectivity index (χ4v) is 8.73. The third kappa shape index (κ3) is 47.9. The van der Waals surface area contributed by atoms with E-state index >= 15 is 0 Å². The van der Waals surface area contributed by atoms with Crippen LogP contribution in [0.4, 0.5) is 0 Å². The molecule has 0 spiro atoms. The molecule has 0 bridgehead atoms. The number of aliphatic hydroxyl groups is 2. The molecule has 0 radical (unpaired) electrons. The van der Waals surface area contributed by atoms with Crippen molar-refractivity contribution < 1.29 is 15.0 Å². The maximum absolute atomic E-state index is 12.5. The normalized spacial score (nSPS) is 12.9. The van der Waals surface area contributed by atoms with Crippen molar-refractivity contribution >= 4 is 5.91 Å². The van der Waals surface area contributed by atoms with Gasteiger partial charge in [-0.1, -0.05) is 295 Å². The molecular weight excluding hydrogens is 735 g/mol. The van der Waals surface area contributed by atoms with E-state index in [0.29, 0.717) is 6.42 Å². The summed E-state index contributed by atoms with van der Waals surface area (Å²) in [6, 6.07) is -0.636. The molecule has 0 aliphatic heterocycles. The van der Waals surface area contributed by atoms with Crippen LogP contribution < -0.4 is 5.32 Å². The fraction of sp³-hybridized carbons (Fsp3) is 0.911. The molecule has 0 saturated carbocycles. The summed E-state index contributed by atoms with van der Waals surface area (Å²) in [5, 5.41) is 23.1. The predicted octanol–water partition coefficient (Wildman–Crippen LogP) is 17.9. The maximum Gasteiger partial charge on any atom is 0.220 e. The monoisotopic (exact) mass is 844 g/mol. The summed E-state index contributed by atoms with van der Waals surface area (Å²) >= 11 is 0. The molecule has 60 heavy (non-hydrogen) atoms.